The van der Waals surface area contributed by atoms with Gasteiger partial charge in [0, 0.05) is 37.2 Å². The molecule has 0 atom stereocenters. The number of hydrogen-bond acceptors (Lipinski definition) is 4. The molecule has 0 radical (unpaired) electrons. The van der Waals surface area contributed by atoms with Gasteiger partial charge in [0.05, 0.1) is 11.3 Å². The highest BCUT2D eigenvalue weighted by Gasteiger charge is 2.26. The van der Waals surface area contributed by atoms with Crippen LogP contribution in [0.5, 0.6) is 0 Å². The van der Waals surface area contributed by atoms with Gasteiger partial charge in [0.15, 0.2) is 0 Å². The lowest BCUT2D eigenvalue weighted by Gasteiger charge is -2.31. The number of hydrogen-bond donors (Lipinski definition) is 2. The molecule has 1 saturated heterocycles. The fourth-order valence-electron chi connectivity index (χ4n) is 3.74. The van der Waals surface area contributed by atoms with Gasteiger partial charge in [-0.15, -0.1) is 0 Å². The van der Waals surface area contributed by atoms with E-state index in [9.17, 15) is 9.59 Å². The van der Waals surface area contributed by atoms with Crippen molar-refractivity contribution in [3.05, 3.63) is 64.1 Å². The van der Waals surface area contributed by atoms with Crippen LogP contribution >= 0.6 is 15.9 Å². The quantitative estimate of drug-likeness (QED) is 0.523. The van der Waals surface area contributed by atoms with Gasteiger partial charge >= 0.3 is 0 Å². The Bertz CT molecular complexity index is 865. The Kier molecular flexibility index (Phi) is 9.06. The molecule has 2 N–H and O–H groups in total. The van der Waals surface area contributed by atoms with Gasteiger partial charge in [-0.1, -0.05) is 40.2 Å². The second kappa shape index (κ2) is 12.0. The molecule has 6 nitrogen and oxygen atoms in total. The second-order valence-electron chi connectivity index (χ2n) is 7.81. The van der Waals surface area contributed by atoms with Gasteiger partial charge in [0.25, 0.3) is 5.91 Å². The molecular weight excluding hydrogens is 458 g/mol. The normalized spacial score (nSPS) is 14.9. The fourth-order valence-corrected chi connectivity index (χ4v) is 4.00. The highest BCUT2D eigenvalue weighted by atomic mass is 79.9. The average Bonchev–Trinajstić information content (AvgIpc) is 2.79. The van der Waals surface area contributed by atoms with Crippen molar-refractivity contribution in [1.82, 2.24) is 10.2 Å². The zero-order chi connectivity index (χ0) is 22.1. The number of piperidine rings is 1. The van der Waals surface area contributed by atoms with Crippen molar-refractivity contribution in [1.29, 1.82) is 0 Å². The summed E-state index contributed by atoms with van der Waals surface area (Å²) in [7, 11) is 1.64. The van der Waals surface area contributed by atoms with E-state index >= 15 is 0 Å². The maximum absolute atomic E-state index is 12.9. The van der Waals surface area contributed by atoms with Crippen LogP contribution in [-0.4, -0.2) is 50.1 Å². The number of likely N-dealkylation sites (tertiary alicyclic amines) is 1. The van der Waals surface area contributed by atoms with Crippen molar-refractivity contribution in [2.75, 3.05) is 38.7 Å². The standard InChI is InChI=1S/C24H30BrN3O3/c1-31-16-4-13-26-24(30)21-5-2-3-6-22(21)27-23(29)19-11-14-28(15-12-19)17-18-7-9-20(25)10-8-18/h2-3,5-10,19H,4,11-17H2,1H3,(H,26,30)(H,27,29). The summed E-state index contributed by atoms with van der Waals surface area (Å²) in [6.45, 7) is 3.80. The minimum absolute atomic E-state index is 0.0112. The first-order valence-electron chi connectivity index (χ1n) is 10.7. The van der Waals surface area contributed by atoms with Crippen molar-refractivity contribution in [3.63, 3.8) is 0 Å². The number of rotatable bonds is 9. The molecular formula is C24H30BrN3O3. The SMILES string of the molecule is COCCCNC(=O)c1ccccc1NC(=O)C1CCN(Cc2ccc(Br)cc2)CC1. The lowest BCUT2D eigenvalue weighted by Crippen LogP contribution is -2.38. The summed E-state index contributed by atoms with van der Waals surface area (Å²) in [5.74, 6) is -0.238. The molecule has 2 amide bonds. The molecule has 1 aliphatic rings. The number of para-hydroxylation sites is 1. The number of nitrogens with zero attached hydrogens (tertiary/aromatic N) is 1. The lowest BCUT2D eigenvalue weighted by molar-refractivity contribution is -0.121. The van der Waals surface area contributed by atoms with Crippen LogP contribution in [-0.2, 0) is 16.1 Å². The van der Waals surface area contributed by atoms with E-state index < -0.39 is 0 Å². The lowest BCUT2D eigenvalue weighted by atomic mass is 9.95. The Balaban J connectivity index is 1.50. The van der Waals surface area contributed by atoms with E-state index in [4.69, 9.17) is 4.74 Å². The third-order valence-electron chi connectivity index (χ3n) is 5.52. The summed E-state index contributed by atoms with van der Waals surface area (Å²) < 4.78 is 6.08. The molecule has 0 bridgehead atoms. The minimum atomic E-state index is -0.184. The highest BCUT2D eigenvalue weighted by Crippen LogP contribution is 2.23. The number of halogens is 1. The largest absolute Gasteiger partial charge is 0.385 e. The summed E-state index contributed by atoms with van der Waals surface area (Å²) in [6.07, 6.45) is 2.37. The molecule has 3 rings (SSSR count). The summed E-state index contributed by atoms with van der Waals surface area (Å²) in [5.41, 5.74) is 2.33. The van der Waals surface area contributed by atoms with Gasteiger partial charge in [-0.2, -0.15) is 0 Å². The van der Waals surface area contributed by atoms with Crippen LogP contribution in [0.25, 0.3) is 0 Å². The smallest absolute Gasteiger partial charge is 0.253 e. The van der Waals surface area contributed by atoms with Crippen molar-refractivity contribution >= 4 is 33.4 Å². The van der Waals surface area contributed by atoms with Crippen LogP contribution in [0.15, 0.2) is 53.0 Å². The molecule has 0 aliphatic carbocycles. The number of carbonyl (C=O) groups excluding carboxylic acids is 2. The Morgan fingerprint density at radius 3 is 2.52 bits per heavy atom. The third kappa shape index (κ3) is 7.16. The zero-order valence-electron chi connectivity index (χ0n) is 17.9. The van der Waals surface area contributed by atoms with E-state index in [2.05, 4.69) is 55.7 Å². The number of nitrogens with one attached hydrogen (secondary N) is 2. The fraction of sp³-hybridized carbons (Fsp3) is 0.417. The monoisotopic (exact) mass is 487 g/mol. The summed E-state index contributed by atoms with van der Waals surface area (Å²) in [5, 5.41) is 5.86. The van der Waals surface area contributed by atoms with Gasteiger partial charge in [0.1, 0.15) is 0 Å². The first-order valence-corrected chi connectivity index (χ1v) is 11.5. The minimum Gasteiger partial charge on any atom is -0.385 e. The van der Waals surface area contributed by atoms with Gasteiger partial charge in [0.2, 0.25) is 5.91 Å². The van der Waals surface area contributed by atoms with Crippen LogP contribution in [0.3, 0.4) is 0 Å². The molecule has 0 unspecified atom stereocenters. The highest BCUT2D eigenvalue weighted by molar-refractivity contribution is 9.10. The Morgan fingerprint density at radius 1 is 1.10 bits per heavy atom. The number of carbonyl (C=O) groups is 2. The van der Waals surface area contributed by atoms with Crippen LogP contribution in [0.1, 0.15) is 35.2 Å². The van der Waals surface area contributed by atoms with E-state index in [1.807, 2.05) is 6.07 Å². The Hall–Kier alpha value is -2.22. The number of amides is 2. The van der Waals surface area contributed by atoms with Gasteiger partial charge in [-0.05, 0) is 62.2 Å². The van der Waals surface area contributed by atoms with Crippen molar-refractivity contribution in [2.24, 2.45) is 5.92 Å². The van der Waals surface area contributed by atoms with Crippen LogP contribution < -0.4 is 10.6 Å². The molecule has 0 spiro atoms. The molecule has 7 heteroatoms. The molecule has 31 heavy (non-hydrogen) atoms. The topological polar surface area (TPSA) is 70.7 Å². The van der Waals surface area contributed by atoms with E-state index in [0.717, 1.165) is 43.4 Å². The number of benzene rings is 2. The van der Waals surface area contributed by atoms with Crippen molar-refractivity contribution in [3.8, 4) is 0 Å². The summed E-state index contributed by atoms with van der Waals surface area (Å²) in [6, 6.07) is 15.5. The predicted octanol–water partition coefficient (Wildman–Crippen LogP) is 4.07. The zero-order valence-corrected chi connectivity index (χ0v) is 19.5. The first kappa shape index (κ1) is 23.4. The van der Waals surface area contributed by atoms with Crippen LogP contribution in [0.2, 0.25) is 0 Å². The molecule has 1 heterocycles. The number of ether oxygens (including phenoxy) is 1. The maximum Gasteiger partial charge on any atom is 0.253 e. The molecule has 166 valence electrons. The molecule has 1 aliphatic heterocycles. The molecule has 2 aromatic rings. The van der Waals surface area contributed by atoms with Crippen molar-refractivity contribution in [2.45, 2.75) is 25.8 Å². The molecule has 1 fully saturated rings. The van der Waals surface area contributed by atoms with Gasteiger partial charge in [-0.25, -0.2) is 0 Å². The van der Waals surface area contributed by atoms with Crippen LogP contribution in [0, 0.1) is 5.92 Å². The summed E-state index contributed by atoms with van der Waals surface area (Å²) >= 11 is 3.47. The average molecular weight is 488 g/mol. The van der Waals surface area contributed by atoms with E-state index in [1.54, 1.807) is 25.3 Å². The first-order chi connectivity index (χ1) is 15.1. The van der Waals surface area contributed by atoms with Gasteiger partial charge in [-0.3, -0.25) is 14.5 Å². The second-order valence-corrected chi connectivity index (χ2v) is 8.73. The van der Waals surface area contributed by atoms with Crippen molar-refractivity contribution < 1.29 is 14.3 Å². The Labute approximate surface area is 192 Å². The molecule has 0 saturated carbocycles. The van der Waals surface area contributed by atoms with E-state index in [0.29, 0.717) is 24.4 Å². The number of anilines is 1. The van der Waals surface area contributed by atoms with Crippen LogP contribution in [0.4, 0.5) is 5.69 Å². The predicted molar refractivity (Wildman–Crippen MR) is 126 cm³/mol. The number of methoxy groups -OCH3 is 1. The van der Waals surface area contributed by atoms with E-state index in [1.165, 1.54) is 5.56 Å². The summed E-state index contributed by atoms with van der Waals surface area (Å²) in [4.78, 5) is 27.8. The Morgan fingerprint density at radius 2 is 1.81 bits per heavy atom. The maximum atomic E-state index is 12.9. The molecule has 0 aromatic heterocycles. The molecule has 2 aromatic carbocycles. The van der Waals surface area contributed by atoms with E-state index in [-0.39, 0.29) is 17.7 Å². The van der Waals surface area contributed by atoms with Gasteiger partial charge < -0.3 is 15.4 Å². The third-order valence-corrected chi connectivity index (χ3v) is 6.05.